The third-order valence-electron chi connectivity index (χ3n) is 3.67. The van der Waals surface area contributed by atoms with Crippen LogP contribution in [0.5, 0.6) is 0 Å². The second kappa shape index (κ2) is 6.90. The van der Waals surface area contributed by atoms with E-state index in [0.717, 1.165) is 53.6 Å². The van der Waals surface area contributed by atoms with Crippen LogP contribution in [0.2, 0.25) is 0 Å². The number of thioether (sulfide) groups is 1. The van der Waals surface area contributed by atoms with E-state index in [9.17, 15) is 18.4 Å². The van der Waals surface area contributed by atoms with E-state index in [-0.39, 0.29) is 16.6 Å². The third-order valence-corrected chi connectivity index (χ3v) is 5.93. The minimum atomic E-state index is -0.708. The summed E-state index contributed by atoms with van der Waals surface area (Å²) >= 11 is 2.33. The molecule has 1 aliphatic carbocycles. The number of carbonyl (C=O) groups is 2. The smallest absolute Gasteiger partial charge is 0.251 e. The lowest BCUT2D eigenvalue weighted by Gasteiger charge is -2.06. The summed E-state index contributed by atoms with van der Waals surface area (Å²) in [5, 5.41) is 3.14. The minimum absolute atomic E-state index is 0.0523. The first-order valence-electron chi connectivity index (χ1n) is 7.27. The fraction of sp³-hybridized carbons (Fsp3) is 0.250. The quantitative estimate of drug-likeness (QED) is 0.795. The third kappa shape index (κ3) is 3.44. The minimum Gasteiger partial charge on any atom is -0.365 e. The van der Waals surface area contributed by atoms with E-state index in [1.165, 1.54) is 17.4 Å². The molecule has 2 aromatic rings. The van der Waals surface area contributed by atoms with Gasteiger partial charge in [0.15, 0.2) is 0 Å². The molecule has 0 saturated heterocycles. The SMILES string of the molecule is NC(=O)c1c(NC(=O)CSc2ccc(F)cc2F)sc2c1CCC2. The van der Waals surface area contributed by atoms with Crippen LogP contribution in [-0.2, 0) is 17.6 Å². The Hall–Kier alpha value is -1.93. The number of aryl methyl sites for hydroxylation is 1. The van der Waals surface area contributed by atoms with Gasteiger partial charge in [-0.15, -0.1) is 23.1 Å². The van der Waals surface area contributed by atoms with Gasteiger partial charge in [0.25, 0.3) is 5.91 Å². The number of anilines is 1. The Morgan fingerprint density at radius 2 is 2.08 bits per heavy atom. The van der Waals surface area contributed by atoms with Gasteiger partial charge in [0.1, 0.15) is 16.6 Å². The number of amides is 2. The van der Waals surface area contributed by atoms with E-state index >= 15 is 0 Å². The van der Waals surface area contributed by atoms with Gasteiger partial charge >= 0.3 is 0 Å². The van der Waals surface area contributed by atoms with E-state index in [2.05, 4.69) is 5.32 Å². The number of nitrogens with one attached hydrogen (secondary N) is 1. The molecular formula is C16H14F2N2O2S2. The van der Waals surface area contributed by atoms with Crippen molar-refractivity contribution in [1.29, 1.82) is 0 Å². The van der Waals surface area contributed by atoms with Crippen LogP contribution < -0.4 is 11.1 Å². The van der Waals surface area contributed by atoms with Gasteiger partial charge in [-0.25, -0.2) is 8.78 Å². The monoisotopic (exact) mass is 368 g/mol. The first-order valence-corrected chi connectivity index (χ1v) is 9.08. The molecule has 3 rings (SSSR count). The second-order valence-electron chi connectivity index (χ2n) is 5.34. The molecule has 1 aliphatic rings. The molecular weight excluding hydrogens is 354 g/mol. The summed E-state index contributed by atoms with van der Waals surface area (Å²) in [5.74, 6) is -2.35. The van der Waals surface area contributed by atoms with Crippen molar-refractivity contribution in [1.82, 2.24) is 0 Å². The number of benzene rings is 1. The Bertz CT molecular complexity index is 821. The summed E-state index contributed by atoms with van der Waals surface area (Å²) in [6, 6.07) is 3.20. The fourth-order valence-electron chi connectivity index (χ4n) is 2.65. The second-order valence-corrected chi connectivity index (χ2v) is 7.46. The van der Waals surface area contributed by atoms with Crippen LogP contribution in [-0.4, -0.2) is 17.6 Å². The molecule has 1 heterocycles. The lowest BCUT2D eigenvalue weighted by atomic mass is 10.1. The molecule has 0 spiro atoms. The van der Waals surface area contributed by atoms with Gasteiger partial charge in [0.05, 0.1) is 11.3 Å². The van der Waals surface area contributed by atoms with Crippen LogP contribution in [0.4, 0.5) is 13.8 Å². The van der Waals surface area contributed by atoms with Crippen molar-refractivity contribution in [3.05, 3.63) is 45.8 Å². The van der Waals surface area contributed by atoms with Crippen molar-refractivity contribution in [3.8, 4) is 0 Å². The molecule has 0 bridgehead atoms. The molecule has 8 heteroatoms. The van der Waals surface area contributed by atoms with E-state index in [0.29, 0.717) is 10.6 Å². The standard InChI is InChI=1S/C16H14F2N2O2S2/c17-8-4-5-12(10(18)6-8)23-7-13(21)20-16-14(15(19)22)9-2-1-3-11(9)24-16/h4-6H,1-3,7H2,(H2,19,22)(H,20,21). The number of halogens is 2. The molecule has 0 fully saturated rings. The van der Waals surface area contributed by atoms with E-state index in [4.69, 9.17) is 5.73 Å². The van der Waals surface area contributed by atoms with Gasteiger partial charge in [-0.05, 0) is 37.0 Å². The average Bonchev–Trinajstić information content (AvgIpc) is 3.06. The molecule has 24 heavy (non-hydrogen) atoms. The first-order chi connectivity index (χ1) is 11.5. The maximum Gasteiger partial charge on any atom is 0.251 e. The number of nitrogens with two attached hydrogens (primary N) is 1. The van der Waals surface area contributed by atoms with E-state index < -0.39 is 17.5 Å². The van der Waals surface area contributed by atoms with Crippen LogP contribution >= 0.6 is 23.1 Å². The number of hydrogen-bond acceptors (Lipinski definition) is 4. The number of hydrogen-bond donors (Lipinski definition) is 2. The van der Waals surface area contributed by atoms with Gasteiger partial charge in [-0.1, -0.05) is 0 Å². The summed E-state index contributed by atoms with van der Waals surface area (Å²) in [5.41, 5.74) is 6.75. The topological polar surface area (TPSA) is 72.2 Å². The Morgan fingerprint density at radius 3 is 2.79 bits per heavy atom. The highest BCUT2D eigenvalue weighted by atomic mass is 32.2. The molecule has 4 nitrogen and oxygen atoms in total. The van der Waals surface area contributed by atoms with Crippen molar-refractivity contribution in [2.45, 2.75) is 24.2 Å². The Morgan fingerprint density at radius 1 is 1.29 bits per heavy atom. The summed E-state index contributed by atoms with van der Waals surface area (Å²) in [6.07, 6.45) is 2.65. The van der Waals surface area contributed by atoms with Crippen molar-refractivity contribution in [2.75, 3.05) is 11.1 Å². The zero-order valence-corrected chi connectivity index (χ0v) is 14.2. The molecule has 0 radical (unpaired) electrons. The Balaban J connectivity index is 1.68. The number of rotatable bonds is 5. The van der Waals surface area contributed by atoms with Crippen LogP contribution in [0.15, 0.2) is 23.1 Å². The molecule has 0 saturated carbocycles. The van der Waals surface area contributed by atoms with Gasteiger partial charge in [0.2, 0.25) is 5.91 Å². The summed E-state index contributed by atoms with van der Waals surface area (Å²) in [6.45, 7) is 0. The molecule has 126 valence electrons. The summed E-state index contributed by atoms with van der Waals surface area (Å²) in [4.78, 5) is 25.0. The molecule has 2 amide bonds. The number of carbonyl (C=O) groups excluding carboxylic acids is 2. The lowest BCUT2D eigenvalue weighted by molar-refractivity contribution is -0.113. The maximum atomic E-state index is 13.6. The lowest BCUT2D eigenvalue weighted by Crippen LogP contribution is -2.18. The highest BCUT2D eigenvalue weighted by Gasteiger charge is 2.26. The predicted molar refractivity (Wildman–Crippen MR) is 90.6 cm³/mol. The Kier molecular flexibility index (Phi) is 4.86. The van der Waals surface area contributed by atoms with Crippen molar-refractivity contribution in [2.24, 2.45) is 5.73 Å². The maximum absolute atomic E-state index is 13.6. The van der Waals surface area contributed by atoms with E-state index in [1.807, 2.05) is 0 Å². The van der Waals surface area contributed by atoms with Crippen molar-refractivity contribution >= 4 is 39.9 Å². The average molecular weight is 368 g/mol. The van der Waals surface area contributed by atoms with Crippen molar-refractivity contribution in [3.63, 3.8) is 0 Å². The van der Waals surface area contributed by atoms with Crippen molar-refractivity contribution < 1.29 is 18.4 Å². The number of fused-ring (bicyclic) bond motifs is 1. The Labute approximate surface area is 145 Å². The highest BCUT2D eigenvalue weighted by Crippen LogP contribution is 2.39. The highest BCUT2D eigenvalue weighted by molar-refractivity contribution is 8.00. The number of thiophene rings is 1. The van der Waals surface area contributed by atoms with Crippen LogP contribution in [0.25, 0.3) is 0 Å². The molecule has 0 unspecified atom stereocenters. The molecule has 0 aliphatic heterocycles. The van der Waals surface area contributed by atoms with Gasteiger partial charge in [-0.3, -0.25) is 9.59 Å². The van der Waals surface area contributed by atoms with Crippen LogP contribution in [0.3, 0.4) is 0 Å². The fourth-order valence-corrected chi connectivity index (χ4v) is 4.68. The van der Waals surface area contributed by atoms with E-state index in [1.54, 1.807) is 0 Å². The molecule has 3 N–H and O–H groups in total. The predicted octanol–water partition coefficient (Wildman–Crippen LogP) is 3.34. The van der Waals surface area contributed by atoms with Crippen LogP contribution in [0, 0.1) is 11.6 Å². The zero-order valence-electron chi connectivity index (χ0n) is 12.5. The van der Waals surface area contributed by atoms with Crippen LogP contribution in [0.1, 0.15) is 27.2 Å². The molecule has 1 aromatic carbocycles. The number of primary amides is 1. The van der Waals surface area contributed by atoms with Gasteiger partial charge < -0.3 is 11.1 Å². The summed E-state index contributed by atoms with van der Waals surface area (Å²) in [7, 11) is 0. The largest absolute Gasteiger partial charge is 0.365 e. The molecule has 1 aromatic heterocycles. The summed E-state index contributed by atoms with van der Waals surface area (Å²) < 4.78 is 26.4. The zero-order chi connectivity index (χ0) is 17.3. The van der Waals surface area contributed by atoms with Gasteiger partial charge in [-0.2, -0.15) is 0 Å². The first kappa shape index (κ1) is 16.9. The normalized spacial score (nSPS) is 12.9. The van der Waals surface area contributed by atoms with Gasteiger partial charge in [0, 0.05) is 15.8 Å². The molecule has 0 atom stereocenters.